The Bertz CT molecular complexity index is 334. The minimum atomic E-state index is -0.570. The van der Waals surface area contributed by atoms with Crippen molar-refractivity contribution in [1.29, 1.82) is 0 Å². The fourth-order valence-electron chi connectivity index (χ4n) is 1.13. The first-order valence-corrected chi connectivity index (χ1v) is 5.89. The Morgan fingerprint density at radius 2 is 1.69 bits per heavy atom. The summed E-state index contributed by atoms with van der Waals surface area (Å²) >= 11 is 11.4. The normalized spacial score (nSPS) is 11.8. The zero-order chi connectivity index (χ0) is 12.2. The zero-order valence-corrected chi connectivity index (χ0v) is 10.4. The number of hydrogen-bond acceptors (Lipinski definition) is 1. The van der Waals surface area contributed by atoms with E-state index in [1.165, 1.54) is 18.2 Å². The molecule has 1 N–H and O–H groups in total. The Morgan fingerprint density at radius 1 is 1.19 bits per heavy atom. The van der Waals surface area contributed by atoms with Gasteiger partial charge in [-0.15, -0.1) is 23.2 Å². The Hall–Kier alpha value is -0.380. The van der Waals surface area contributed by atoms with Gasteiger partial charge in [0.05, 0.1) is 0 Å². The molecule has 0 spiro atoms. The van der Waals surface area contributed by atoms with E-state index in [4.69, 9.17) is 23.2 Å². The molecule has 0 bridgehead atoms. The van der Waals surface area contributed by atoms with E-state index in [0.717, 1.165) is 0 Å². The molecular weight excluding hydrogens is 255 g/mol. The van der Waals surface area contributed by atoms with E-state index in [-0.39, 0.29) is 23.9 Å². The first-order chi connectivity index (χ1) is 7.52. The molecule has 0 aliphatic carbocycles. The summed E-state index contributed by atoms with van der Waals surface area (Å²) in [4.78, 5) is 0. The van der Waals surface area contributed by atoms with Crippen molar-refractivity contribution >= 4 is 23.2 Å². The molecule has 0 amide bonds. The minimum Gasteiger partial charge on any atom is -0.305 e. The number of rotatable bonds is 5. The van der Waals surface area contributed by atoms with Crippen LogP contribution in [0.3, 0.4) is 0 Å². The molecular formula is C11H13Cl2F2N. The second-order valence-electron chi connectivity index (χ2n) is 3.88. The molecule has 0 aliphatic rings. The smallest absolute Gasteiger partial charge is 0.130 e. The highest BCUT2D eigenvalue weighted by molar-refractivity contribution is 6.22. The predicted molar refractivity (Wildman–Crippen MR) is 63.0 cm³/mol. The van der Waals surface area contributed by atoms with Gasteiger partial charge in [-0.05, 0) is 19.1 Å². The topological polar surface area (TPSA) is 12.0 Å². The number of nitrogens with one attached hydrogen (secondary N) is 1. The third-order valence-corrected chi connectivity index (χ3v) is 3.52. The van der Waals surface area contributed by atoms with Crippen molar-refractivity contribution in [3.63, 3.8) is 0 Å². The highest BCUT2D eigenvalue weighted by Gasteiger charge is 2.22. The molecule has 0 saturated heterocycles. The van der Waals surface area contributed by atoms with E-state index >= 15 is 0 Å². The number of benzene rings is 1. The van der Waals surface area contributed by atoms with Crippen LogP contribution < -0.4 is 5.32 Å². The summed E-state index contributed by atoms with van der Waals surface area (Å²) in [7, 11) is 0. The molecule has 16 heavy (non-hydrogen) atoms. The minimum absolute atomic E-state index is 0.00367. The lowest BCUT2D eigenvalue weighted by Gasteiger charge is -2.26. The van der Waals surface area contributed by atoms with Crippen LogP contribution in [0.25, 0.3) is 0 Å². The molecule has 0 aliphatic heterocycles. The van der Waals surface area contributed by atoms with Crippen molar-refractivity contribution in [3.8, 4) is 0 Å². The molecule has 0 fully saturated rings. The molecule has 0 heterocycles. The summed E-state index contributed by atoms with van der Waals surface area (Å²) in [5.41, 5.74) is -0.526. The summed E-state index contributed by atoms with van der Waals surface area (Å²) in [6.07, 6.45) is 0. The number of halogens is 4. The third kappa shape index (κ3) is 3.30. The van der Waals surface area contributed by atoms with Crippen LogP contribution in [0.5, 0.6) is 0 Å². The van der Waals surface area contributed by atoms with Gasteiger partial charge in [0.15, 0.2) is 0 Å². The van der Waals surface area contributed by atoms with E-state index in [1.807, 2.05) is 0 Å². The lowest BCUT2D eigenvalue weighted by molar-refractivity contribution is 0.420. The molecule has 1 aromatic rings. The average Bonchev–Trinajstić information content (AvgIpc) is 2.28. The first-order valence-electron chi connectivity index (χ1n) is 4.82. The molecule has 5 heteroatoms. The van der Waals surface area contributed by atoms with Crippen molar-refractivity contribution in [2.75, 3.05) is 11.8 Å². The van der Waals surface area contributed by atoms with E-state index in [0.29, 0.717) is 0 Å². The van der Waals surface area contributed by atoms with Crippen molar-refractivity contribution in [1.82, 2.24) is 5.32 Å². The average molecular weight is 268 g/mol. The standard InChI is InChI=1S/C11H13Cl2F2N/c1-11(6-12,7-13)16-5-8-9(14)3-2-4-10(8)15/h2-4,16H,5-7H2,1H3. The Morgan fingerprint density at radius 3 is 2.12 bits per heavy atom. The van der Waals surface area contributed by atoms with Crippen molar-refractivity contribution in [2.24, 2.45) is 0 Å². The summed E-state index contributed by atoms with van der Waals surface area (Å²) in [6.45, 7) is 1.86. The van der Waals surface area contributed by atoms with E-state index in [2.05, 4.69) is 5.32 Å². The van der Waals surface area contributed by atoms with Crippen LogP contribution in [-0.4, -0.2) is 17.3 Å². The molecule has 1 aromatic carbocycles. The van der Waals surface area contributed by atoms with Crippen LogP contribution in [0.4, 0.5) is 8.78 Å². The van der Waals surface area contributed by atoms with Gasteiger partial charge >= 0.3 is 0 Å². The molecule has 0 atom stereocenters. The second-order valence-corrected chi connectivity index (χ2v) is 4.42. The van der Waals surface area contributed by atoms with Gasteiger partial charge < -0.3 is 5.32 Å². The number of hydrogen-bond donors (Lipinski definition) is 1. The first kappa shape index (κ1) is 13.7. The van der Waals surface area contributed by atoms with Crippen molar-refractivity contribution < 1.29 is 8.78 Å². The summed E-state index contributed by atoms with van der Waals surface area (Å²) in [5, 5.41) is 2.95. The maximum absolute atomic E-state index is 13.3. The molecule has 1 rings (SSSR count). The van der Waals surface area contributed by atoms with Crippen LogP contribution in [0.1, 0.15) is 12.5 Å². The number of alkyl halides is 2. The predicted octanol–water partition coefficient (Wildman–Crippen LogP) is 3.29. The molecule has 1 nitrogen and oxygen atoms in total. The monoisotopic (exact) mass is 267 g/mol. The van der Waals surface area contributed by atoms with Crippen LogP contribution in [-0.2, 0) is 6.54 Å². The van der Waals surface area contributed by atoms with Gasteiger partial charge in [0.2, 0.25) is 0 Å². The highest BCUT2D eigenvalue weighted by Crippen LogP contribution is 2.15. The highest BCUT2D eigenvalue weighted by atomic mass is 35.5. The molecule has 0 saturated carbocycles. The van der Waals surface area contributed by atoms with Gasteiger partial charge in [-0.3, -0.25) is 0 Å². The van der Waals surface area contributed by atoms with Gasteiger partial charge in [0, 0.05) is 29.4 Å². The fourth-order valence-corrected chi connectivity index (χ4v) is 1.61. The van der Waals surface area contributed by atoms with Crippen LogP contribution in [0, 0.1) is 11.6 Å². The second kappa shape index (κ2) is 5.80. The fraction of sp³-hybridized carbons (Fsp3) is 0.455. The van der Waals surface area contributed by atoms with Crippen LogP contribution in [0.2, 0.25) is 0 Å². The van der Waals surface area contributed by atoms with Crippen molar-refractivity contribution in [2.45, 2.75) is 19.0 Å². The van der Waals surface area contributed by atoms with Gasteiger partial charge in [0.1, 0.15) is 11.6 Å². The third-order valence-electron chi connectivity index (χ3n) is 2.34. The maximum Gasteiger partial charge on any atom is 0.130 e. The van der Waals surface area contributed by atoms with Gasteiger partial charge in [0.25, 0.3) is 0 Å². The lowest BCUT2D eigenvalue weighted by Crippen LogP contribution is -2.45. The van der Waals surface area contributed by atoms with E-state index in [9.17, 15) is 8.78 Å². The van der Waals surface area contributed by atoms with Crippen molar-refractivity contribution in [3.05, 3.63) is 35.4 Å². The SMILES string of the molecule is CC(CCl)(CCl)NCc1c(F)cccc1F. The lowest BCUT2D eigenvalue weighted by atomic mass is 10.1. The summed E-state index contributed by atoms with van der Waals surface area (Å²) in [5.74, 6) is -0.600. The zero-order valence-electron chi connectivity index (χ0n) is 8.87. The quantitative estimate of drug-likeness (QED) is 0.808. The maximum atomic E-state index is 13.3. The largest absolute Gasteiger partial charge is 0.305 e. The van der Waals surface area contributed by atoms with Crippen LogP contribution in [0.15, 0.2) is 18.2 Å². The summed E-state index contributed by atoms with van der Waals surface area (Å²) in [6, 6.07) is 3.77. The molecule has 90 valence electrons. The summed E-state index contributed by atoms with van der Waals surface area (Å²) < 4.78 is 26.6. The molecule has 0 unspecified atom stereocenters. The molecule has 0 radical (unpaired) electrons. The van der Waals surface area contributed by atoms with Crippen LogP contribution >= 0.6 is 23.2 Å². The Kier molecular flexibility index (Phi) is 4.96. The van der Waals surface area contributed by atoms with E-state index < -0.39 is 17.2 Å². The van der Waals surface area contributed by atoms with Gasteiger partial charge in [-0.1, -0.05) is 6.07 Å². The molecule has 0 aromatic heterocycles. The Labute approximate surface area is 104 Å². The Balaban J connectivity index is 2.75. The van der Waals surface area contributed by atoms with E-state index in [1.54, 1.807) is 6.92 Å². The van der Waals surface area contributed by atoms with Gasteiger partial charge in [-0.2, -0.15) is 0 Å². The van der Waals surface area contributed by atoms with Gasteiger partial charge in [-0.25, -0.2) is 8.78 Å².